The van der Waals surface area contributed by atoms with Crippen molar-refractivity contribution in [3.05, 3.63) is 35.4 Å². The molecule has 1 heterocycles. The van der Waals surface area contributed by atoms with Gasteiger partial charge in [-0.3, -0.25) is 4.90 Å². The summed E-state index contributed by atoms with van der Waals surface area (Å²) in [7, 11) is 0. The standard InChI is InChI=1S/C16H21F2NO2/c17-12-4-3-11(7-13(12)18)9-19-10-15(21)14(20)8-16(19)5-1-2-6-16/h3-4,7,14-15,20-21H,1-2,5-6,8-10H2/t14-,15+/m0/s1. The molecule has 2 aliphatic rings. The topological polar surface area (TPSA) is 43.7 Å². The number of benzene rings is 1. The van der Waals surface area contributed by atoms with E-state index in [4.69, 9.17) is 0 Å². The highest BCUT2D eigenvalue weighted by atomic mass is 19.2. The summed E-state index contributed by atoms with van der Waals surface area (Å²) in [6, 6.07) is 3.94. The smallest absolute Gasteiger partial charge is 0.159 e. The fourth-order valence-electron chi connectivity index (χ4n) is 3.84. The van der Waals surface area contributed by atoms with Crippen molar-refractivity contribution in [1.29, 1.82) is 0 Å². The number of aliphatic hydroxyl groups excluding tert-OH is 2. The number of rotatable bonds is 2. The van der Waals surface area contributed by atoms with Gasteiger partial charge in [0.05, 0.1) is 12.2 Å². The van der Waals surface area contributed by atoms with Crippen LogP contribution in [0.15, 0.2) is 18.2 Å². The average molecular weight is 297 g/mol. The lowest BCUT2D eigenvalue weighted by Gasteiger charge is -2.48. The van der Waals surface area contributed by atoms with Crippen LogP contribution in [0.25, 0.3) is 0 Å². The predicted octanol–water partition coefficient (Wildman–Crippen LogP) is 2.21. The Morgan fingerprint density at radius 1 is 1.10 bits per heavy atom. The Bertz CT molecular complexity index is 517. The number of likely N-dealkylation sites (tertiary alicyclic amines) is 1. The molecule has 1 saturated heterocycles. The molecular formula is C16H21F2NO2. The van der Waals surface area contributed by atoms with E-state index in [-0.39, 0.29) is 5.54 Å². The molecule has 0 aromatic heterocycles. The SMILES string of the molecule is O[C@@H]1CN(Cc2ccc(F)c(F)c2)C2(CCCC2)C[C@@H]1O. The molecule has 1 aliphatic heterocycles. The molecule has 3 nitrogen and oxygen atoms in total. The van der Waals surface area contributed by atoms with E-state index < -0.39 is 23.8 Å². The third kappa shape index (κ3) is 2.82. The van der Waals surface area contributed by atoms with E-state index in [1.54, 1.807) is 6.07 Å². The maximum absolute atomic E-state index is 13.4. The van der Waals surface area contributed by atoms with E-state index in [9.17, 15) is 19.0 Å². The highest BCUT2D eigenvalue weighted by molar-refractivity contribution is 5.19. The van der Waals surface area contributed by atoms with Gasteiger partial charge in [0.25, 0.3) is 0 Å². The highest BCUT2D eigenvalue weighted by Gasteiger charge is 2.46. The number of piperidine rings is 1. The Morgan fingerprint density at radius 2 is 1.81 bits per heavy atom. The second-order valence-corrected chi connectivity index (χ2v) is 6.40. The monoisotopic (exact) mass is 297 g/mol. The minimum absolute atomic E-state index is 0.108. The number of hydrogen-bond donors (Lipinski definition) is 2. The summed E-state index contributed by atoms with van der Waals surface area (Å²) in [4.78, 5) is 2.14. The predicted molar refractivity (Wildman–Crippen MR) is 74.6 cm³/mol. The van der Waals surface area contributed by atoms with Crippen molar-refractivity contribution in [2.24, 2.45) is 0 Å². The zero-order valence-corrected chi connectivity index (χ0v) is 11.9. The molecule has 5 heteroatoms. The number of β-amino-alcohol motifs (C(OH)–C–C–N with tert-alkyl or cyclic N) is 1. The van der Waals surface area contributed by atoms with Crippen LogP contribution in [0.1, 0.15) is 37.7 Å². The molecule has 2 atom stereocenters. The molecular weight excluding hydrogens is 276 g/mol. The summed E-state index contributed by atoms with van der Waals surface area (Å²) in [6.45, 7) is 0.848. The van der Waals surface area contributed by atoms with Crippen molar-refractivity contribution >= 4 is 0 Å². The van der Waals surface area contributed by atoms with Crippen molar-refractivity contribution in [3.63, 3.8) is 0 Å². The number of nitrogens with zero attached hydrogens (tertiary/aromatic N) is 1. The minimum atomic E-state index is -0.844. The third-order valence-electron chi connectivity index (χ3n) is 5.00. The first-order valence-corrected chi connectivity index (χ1v) is 7.55. The van der Waals surface area contributed by atoms with Crippen LogP contribution in [0.3, 0.4) is 0 Å². The van der Waals surface area contributed by atoms with Gasteiger partial charge in [-0.05, 0) is 37.0 Å². The highest BCUT2D eigenvalue weighted by Crippen LogP contribution is 2.42. The lowest BCUT2D eigenvalue weighted by atomic mass is 9.82. The molecule has 116 valence electrons. The first-order valence-electron chi connectivity index (χ1n) is 7.55. The van der Waals surface area contributed by atoms with Crippen LogP contribution in [0, 0.1) is 11.6 Å². The van der Waals surface area contributed by atoms with E-state index in [0.29, 0.717) is 25.1 Å². The number of aliphatic hydroxyl groups is 2. The van der Waals surface area contributed by atoms with Gasteiger partial charge in [0.15, 0.2) is 11.6 Å². The van der Waals surface area contributed by atoms with Crippen LogP contribution in [-0.2, 0) is 6.54 Å². The molecule has 1 aliphatic carbocycles. The normalized spacial score (nSPS) is 29.1. The van der Waals surface area contributed by atoms with Crippen molar-refractivity contribution < 1.29 is 19.0 Å². The second kappa shape index (κ2) is 5.63. The average Bonchev–Trinajstić information content (AvgIpc) is 2.90. The number of hydrogen-bond acceptors (Lipinski definition) is 3. The largest absolute Gasteiger partial charge is 0.390 e. The van der Waals surface area contributed by atoms with E-state index >= 15 is 0 Å². The summed E-state index contributed by atoms with van der Waals surface area (Å²) in [5.41, 5.74) is 0.590. The maximum atomic E-state index is 13.4. The molecule has 0 amide bonds. The van der Waals surface area contributed by atoms with E-state index in [1.807, 2.05) is 0 Å². The van der Waals surface area contributed by atoms with Crippen LogP contribution < -0.4 is 0 Å². The van der Waals surface area contributed by atoms with Crippen molar-refractivity contribution in [3.8, 4) is 0 Å². The van der Waals surface area contributed by atoms with Gasteiger partial charge in [-0.1, -0.05) is 18.9 Å². The van der Waals surface area contributed by atoms with Crippen LogP contribution in [0.2, 0.25) is 0 Å². The zero-order chi connectivity index (χ0) is 15.0. The molecule has 2 fully saturated rings. The molecule has 1 aromatic rings. The van der Waals surface area contributed by atoms with Crippen molar-refractivity contribution in [2.45, 2.75) is 56.4 Å². The van der Waals surface area contributed by atoms with Gasteiger partial charge >= 0.3 is 0 Å². The van der Waals surface area contributed by atoms with Gasteiger partial charge < -0.3 is 10.2 Å². The second-order valence-electron chi connectivity index (χ2n) is 6.40. The first-order chi connectivity index (χ1) is 10.00. The molecule has 21 heavy (non-hydrogen) atoms. The van der Waals surface area contributed by atoms with Crippen LogP contribution in [0.4, 0.5) is 8.78 Å². The quantitative estimate of drug-likeness (QED) is 0.879. The van der Waals surface area contributed by atoms with Gasteiger partial charge in [-0.25, -0.2) is 8.78 Å². The Balaban J connectivity index is 1.82. The Labute approximate surface area is 123 Å². The Morgan fingerprint density at radius 3 is 2.48 bits per heavy atom. The number of halogens is 2. The summed E-state index contributed by atoms with van der Waals surface area (Å²) >= 11 is 0. The summed E-state index contributed by atoms with van der Waals surface area (Å²) in [5, 5.41) is 19.9. The first kappa shape index (κ1) is 14.9. The van der Waals surface area contributed by atoms with Gasteiger partial charge in [0, 0.05) is 18.6 Å². The van der Waals surface area contributed by atoms with E-state index in [1.165, 1.54) is 6.07 Å². The van der Waals surface area contributed by atoms with Crippen LogP contribution in [-0.4, -0.2) is 39.4 Å². The zero-order valence-electron chi connectivity index (χ0n) is 11.9. The minimum Gasteiger partial charge on any atom is -0.390 e. The van der Waals surface area contributed by atoms with E-state index in [2.05, 4.69) is 4.90 Å². The summed E-state index contributed by atoms with van der Waals surface area (Å²) in [6.07, 6.45) is 3.28. The van der Waals surface area contributed by atoms with Crippen molar-refractivity contribution in [1.82, 2.24) is 4.90 Å². The lowest BCUT2D eigenvalue weighted by Crippen LogP contribution is -2.58. The van der Waals surface area contributed by atoms with Gasteiger partial charge in [-0.2, -0.15) is 0 Å². The molecule has 1 saturated carbocycles. The van der Waals surface area contributed by atoms with Crippen molar-refractivity contribution in [2.75, 3.05) is 6.54 Å². The molecule has 0 unspecified atom stereocenters. The molecule has 1 aromatic carbocycles. The molecule has 3 rings (SSSR count). The fourth-order valence-corrected chi connectivity index (χ4v) is 3.84. The van der Waals surface area contributed by atoms with Gasteiger partial charge in [0.1, 0.15) is 0 Å². The van der Waals surface area contributed by atoms with Gasteiger partial charge in [-0.15, -0.1) is 0 Å². The summed E-state index contributed by atoms with van der Waals surface area (Å²) in [5.74, 6) is -1.69. The molecule has 0 bridgehead atoms. The third-order valence-corrected chi connectivity index (χ3v) is 5.00. The van der Waals surface area contributed by atoms with Crippen LogP contribution >= 0.6 is 0 Å². The van der Waals surface area contributed by atoms with Crippen LogP contribution in [0.5, 0.6) is 0 Å². The lowest BCUT2D eigenvalue weighted by molar-refractivity contribution is -0.0998. The molecule has 2 N–H and O–H groups in total. The van der Waals surface area contributed by atoms with Gasteiger partial charge in [0.2, 0.25) is 0 Å². The fraction of sp³-hybridized carbons (Fsp3) is 0.625. The molecule has 1 spiro atoms. The van der Waals surface area contributed by atoms with E-state index in [0.717, 1.165) is 31.7 Å². The Kier molecular flexibility index (Phi) is 3.99. The molecule has 0 radical (unpaired) electrons. The Hall–Kier alpha value is -1.04. The maximum Gasteiger partial charge on any atom is 0.159 e. The summed E-state index contributed by atoms with van der Waals surface area (Å²) < 4.78 is 26.4.